The lowest BCUT2D eigenvalue weighted by Crippen LogP contribution is -2.03. The minimum atomic E-state index is 0.482. The van der Waals surface area contributed by atoms with Crippen LogP contribution in [-0.4, -0.2) is 11.5 Å². The molecule has 0 heterocycles. The van der Waals surface area contributed by atoms with Crippen molar-refractivity contribution < 1.29 is 0 Å². The van der Waals surface area contributed by atoms with E-state index in [4.69, 9.17) is 11.6 Å². The van der Waals surface area contributed by atoms with E-state index in [1.54, 1.807) is 0 Å². The number of benzene rings is 2. The van der Waals surface area contributed by atoms with Crippen LogP contribution >= 0.6 is 36.0 Å². The van der Waals surface area contributed by atoms with E-state index in [0.717, 1.165) is 16.5 Å². The van der Waals surface area contributed by atoms with E-state index in [9.17, 15) is 0 Å². The molecule has 0 amide bonds. The molecule has 1 unspecified atom stereocenters. The monoisotopic (exact) mass is 294 g/mol. The second kappa shape index (κ2) is 7.13. The summed E-state index contributed by atoms with van der Waals surface area (Å²) in [5.74, 6) is 2.38. The lowest BCUT2D eigenvalue weighted by Gasteiger charge is -2.14. The zero-order valence-corrected chi connectivity index (χ0v) is 12.4. The van der Waals surface area contributed by atoms with Gasteiger partial charge in [-0.2, -0.15) is 12.6 Å². The van der Waals surface area contributed by atoms with Gasteiger partial charge in [0.05, 0.1) is 0 Å². The van der Waals surface area contributed by atoms with Crippen LogP contribution in [0.1, 0.15) is 11.5 Å². The highest BCUT2D eigenvalue weighted by Crippen LogP contribution is 2.27. The predicted octanol–water partition coefficient (Wildman–Crippen LogP) is 5.15. The van der Waals surface area contributed by atoms with Crippen LogP contribution in [0, 0.1) is 0 Å². The number of halogens is 1. The minimum Gasteiger partial charge on any atom is -0.179 e. The zero-order chi connectivity index (χ0) is 12.8. The Balaban J connectivity index is 1.97. The molecule has 1 atom stereocenters. The second-order valence-electron chi connectivity index (χ2n) is 4.06. The van der Waals surface area contributed by atoms with Gasteiger partial charge < -0.3 is 0 Å². The average Bonchev–Trinajstić information content (AvgIpc) is 2.43. The van der Waals surface area contributed by atoms with Crippen LogP contribution in [0.2, 0.25) is 5.02 Å². The SMILES string of the molecule is SCC(CSc1ccc(Cl)cc1)c1ccccc1. The molecule has 0 saturated heterocycles. The molecule has 2 aromatic rings. The highest BCUT2D eigenvalue weighted by molar-refractivity contribution is 7.99. The van der Waals surface area contributed by atoms with E-state index >= 15 is 0 Å². The van der Waals surface area contributed by atoms with Crippen molar-refractivity contribution in [2.45, 2.75) is 10.8 Å². The fourth-order valence-electron chi connectivity index (χ4n) is 1.71. The first kappa shape index (κ1) is 13.9. The first-order chi connectivity index (χ1) is 8.79. The van der Waals surface area contributed by atoms with Gasteiger partial charge in [-0.05, 0) is 35.6 Å². The summed E-state index contributed by atoms with van der Waals surface area (Å²) in [4.78, 5) is 1.25. The van der Waals surface area contributed by atoms with Gasteiger partial charge in [0, 0.05) is 21.6 Å². The Labute approximate surface area is 123 Å². The molecule has 3 heteroatoms. The molecule has 2 aromatic carbocycles. The van der Waals surface area contributed by atoms with Gasteiger partial charge in [0.1, 0.15) is 0 Å². The van der Waals surface area contributed by atoms with Crippen molar-refractivity contribution in [3.63, 3.8) is 0 Å². The summed E-state index contributed by atoms with van der Waals surface area (Å²) < 4.78 is 0. The van der Waals surface area contributed by atoms with Crippen molar-refractivity contribution in [3.05, 3.63) is 65.2 Å². The van der Waals surface area contributed by atoms with Crippen LogP contribution in [0.5, 0.6) is 0 Å². The van der Waals surface area contributed by atoms with Crippen LogP contribution in [0.3, 0.4) is 0 Å². The van der Waals surface area contributed by atoms with E-state index in [1.165, 1.54) is 10.5 Å². The molecule has 0 fully saturated rings. The standard InChI is InChI=1S/C15H15ClS2/c16-14-6-8-15(9-7-14)18-11-13(10-17)12-4-2-1-3-5-12/h1-9,13,17H,10-11H2. The molecular weight excluding hydrogens is 280 g/mol. The Morgan fingerprint density at radius 2 is 1.67 bits per heavy atom. The quantitative estimate of drug-likeness (QED) is 0.588. The maximum absolute atomic E-state index is 5.88. The van der Waals surface area contributed by atoms with Crippen molar-refractivity contribution in [3.8, 4) is 0 Å². The number of thiol groups is 1. The van der Waals surface area contributed by atoms with E-state index in [0.29, 0.717) is 5.92 Å². The molecule has 0 aliphatic rings. The van der Waals surface area contributed by atoms with Gasteiger partial charge in [-0.25, -0.2) is 0 Å². The Bertz CT molecular complexity index is 468. The Kier molecular flexibility index (Phi) is 5.48. The highest BCUT2D eigenvalue weighted by atomic mass is 35.5. The Hall–Kier alpha value is -0.570. The molecule has 0 nitrogen and oxygen atoms in total. The molecule has 94 valence electrons. The van der Waals surface area contributed by atoms with Gasteiger partial charge in [0.15, 0.2) is 0 Å². The van der Waals surface area contributed by atoms with Gasteiger partial charge in [0.25, 0.3) is 0 Å². The summed E-state index contributed by atoms with van der Waals surface area (Å²) in [5.41, 5.74) is 1.36. The molecular formula is C15H15ClS2. The van der Waals surface area contributed by atoms with Crippen LogP contribution in [0.25, 0.3) is 0 Å². The van der Waals surface area contributed by atoms with Crippen molar-refractivity contribution >= 4 is 36.0 Å². The topological polar surface area (TPSA) is 0 Å². The molecule has 0 aliphatic carbocycles. The predicted molar refractivity (Wildman–Crippen MR) is 85.2 cm³/mol. The molecule has 2 rings (SSSR count). The zero-order valence-electron chi connectivity index (χ0n) is 9.92. The lowest BCUT2D eigenvalue weighted by molar-refractivity contribution is 0.898. The molecule has 18 heavy (non-hydrogen) atoms. The van der Waals surface area contributed by atoms with Gasteiger partial charge in [0.2, 0.25) is 0 Å². The van der Waals surface area contributed by atoms with Crippen molar-refractivity contribution in [1.29, 1.82) is 0 Å². The van der Waals surface area contributed by atoms with Crippen molar-refractivity contribution in [1.82, 2.24) is 0 Å². The summed E-state index contributed by atoms with van der Waals surface area (Å²) in [6, 6.07) is 18.5. The van der Waals surface area contributed by atoms with Gasteiger partial charge in [-0.3, -0.25) is 0 Å². The summed E-state index contributed by atoms with van der Waals surface area (Å²) in [7, 11) is 0. The first-order valence-corrected chi connectivity index (χ1v) is 7.83. The number of hydrogen-bond donors (Lipinski definition) is 1. The average molecular weight is 295 g/mol. The first-order valence-electron chi connectivity index (χ1n) is 5.84. The van der Waals surface area contributed by atoms with Crippen LogP contribution in [0.4, 0.5) is 0 Å². The third-order valence-corrected chi connectivity index (χ3v) is 4.62. The lowest BCUT2D eigenvalue weighted by atomic mass is 10.0. The van der Waals surface area contributed by atoms with Crippen LogP contribution < -0.4 is 0 Å². The maximum atomic E-state index is 5.88. The third-order valence-electron chi connectivity index (χ3n) is 2.76. The van der Waals surface area contributed by atoms with Crippen LogP contribution in [-0.2, 0) is 0 Å². The number of thioether (sulfide) groups is 1. The summed E-state index contributed by atoms with van der Waals surface area (Å²) in [5, 5.41) is 0.785. The van der Waals surface area contributed by atoms with E-state index in [1.807, 2.05) is 30.0 Å². The minimum absolute atomic E-state index is 0.482. The molecule has 0 N–H and O–H groups in total. The third kappa shape index (κ3) is 3.98. The summed E-state index contributed by atoms with van der Waals surface area (Å²) in [6.07, 6.45) is 0. The number of rotatable bonds is 5. The molecule has 0 aliphatic heterocycles. The Morgan fingerprint density at radius 1 is 1.00 bits per heavy atom. The van der Waals surface area contributed by atoms with E-state index < -0.39 is 0 Å². The maximum Gasteiger partial charge on any atom is 0.0406 e. The molecule has 0 spiro atoms. The van der Waals surface area contributed by atoms with Gasteiger partial charge in [-0.1, -0.05) is 41.9 Å². The fraction of sp³-hybridized carbons (Fsp3) is 0.200. The van der Waals surface area contributed by atoms with Crippen molar-refractivity contribution in [2.75, 3.05) is 11.5 Å². The van der Waals surface area contributed by atoms with Gasteiger partial charge >= 0.3 is 0 Å². The van der Waals surface area contributed by atoms with Gasteiger partial charge in [-0.15, -0.1) is 11.8 Å². The molecule has 0 aromatic heterocycles. The summed E-state index contributed by atoms with van der Waals surface area (Å²) >= 11 is 12.2. The summed E-state index contributed by atoms with van der Waals surface area (Å²) in [6.45, 7) is 0. The number of hydrogen-bond acceptors (Lipinski definition) is 2. The fourth-order valence-corrected chi connectivity index (χ4v) is 3.38. The van der Waals surface area contributed by atoms with Crippen molar-refractivity contribution in [2.24, 2.45) is 0 Å². The smallest absolute Gasteiger partial charge is 0.0406 e. The highest BCUT2D eigenvalue weighted by Gasteiger charge is 2.09. The largest absolute Gasteiger partial charge is 0.179 e. The van der Waals surface area contributed by atoms with Crippen LogP contribution in [0.15, 0.2) is 59.5 Å². The normalized spacial score (nSPS) is 12.3. The molecule has 0 bridgehead atoms. The van der Waals surface area contributed by atoms with E-state index in [-0.39, 0.29) is 0 Å². The van der Waals surface area contributed by atoms with E-state index in [2.05, 4.69) is 49.0 Å². The molecule has 0 radical (unpaired) electrons. The Morgan fingerprint density at radius 3 is 2.28 bits per heavy atom. The second-order valence-corrected chi connectivity index (χ2v) is 5.95. The molecule has 0 saturated carbocycles.